The van der Waals surface area contributed by atoms with Gasteiger partial charge in [-0.05, 0) is 37.4 Å². The zero-order valence-corrected chi connectivity index (χ0v) is 11.8. The number of hydrogen-bond acceptors (Lipinski definition) is 4. The Morgan fingerprint density at radius 2 is 2.19 bits per heavy atom. The third-order valence-corrected chi connectivity index (χ3v) is 3.83. The second-order valence-corrected chi connectivity index (χ2v) is 5.45. The molecule has 112 valence electrons. The lowest BCUT2D eigenvalue weighted by Gasteiger charge is -2.11. The van der Waals surface area contributed by atoms with E-state index < -0.39 is 11.6 Å². The van der Waals surface area contributed by atoms with E-state index in [9.17, 15) is 8.78 Å². The number of rotatable bonds is 6. The molecule has 0 amide bonds. The van der Waals surface area contributed by atoms with Gasteiger partial charge in [0.25, 0.3) is 0 Å². The standard InChI is InChI=1S/C15H17F2N3O/c1-18-13(9-2-3-9)8-15-19-14(20-21-15)6-10-4-5-11(16)7-12(10)17/h4-5,7,9,13,18H,2-3,6,8H2,1H3. The van der Waals surface area contributed by atoms with Crippen molar-refractivity contribution < 1.29 is 13.3 Å². The first-order chi connectivity index (χ1) is 10.2. The van der Waals surface area contributed by atoms with Gasteiger partial charge in [0.05, 0.1) is 0 Å². The smallest absolute Gasteiger partial charge is 0.228 e. The quantitative estimate of drug-likeness (QED) is 0.889. The predicted octanol–water partition coefficient (Wildman–Crippen LogP) is 2.48. The molecule has 1 atom stereocenters. The van der Waals surface area contributed by atoms with E-state index in [4.69, 9.17) is 4.52 Å². The lowest BCUT2D eigenvalue weighted by atomic mass is 10.1. The van der Waals surface area contributed by atoms with E-state index in [2.05, 4.69) is 15.5 Å². The van der Waals surface area contributed by atoms with Crippen LogP contribution in [-0.4, -0.2) is 23.2 Å². The zero-order valence-electron chi connectivity index (χ0n) is 11.8. The van der Waals surface area contributed by atoms with Crippen LogP contribution in [-0.2, 0) is 12.8 Å². The molecule has 0 radical (unpaired) electrons. The maximum Gasteiger partial charge on any atom is 0.228 e. The molecule has 1 fully saturated rings. The molecule has 2 aromatic rings. The van der Waals surface area contributed by atoms with Crippen molar-refractivity contribution >= 4 is 0 Å². The number of halogens is 2. The Morgan fingerprint density at radius 3 is 2.86 bits per heavy atom. The Labute approximate surface area is 121 Å². The van der Waals surface area contributed by atoms with Crippen molar-refractivity contribution in [2.45, 2.75) is 31.7 Å². The van der Waals surface area contributed by atoms with E-state index in [-0.39, 0.29) is 6.42 Å². The molecule has 3 rings (SSSR count). The summed E-state index contributed by atoms with van der Waals surface area (Å²) in [4.78, 5) is 4.29. The molecular weight excluding hydrogens is 276 g/mol. The minimum Gasteiger partial charge on any atom is -0.339 e. The highest BCUT2D eigenvalue weighted by Gasteiger charge is 2.31. The molecule has 0 bridgehead atoms. The summed E-state index contributed by atoms with van der Waals surface area (Å²) in [6, 6.07) is 3.84. The summed E-state index contributed by atoms with van der Waals surface area (Å²) < 4.78 is 31.7. The fourth-order valence-corrected chi connectivity index (χ4v) is 2.47. The maximum absolute atomic E-state index is 13.6. The number of aromatic nitrogens is 2. The molecule has 1 aromatic carbocycles. The molecule has 0 aliphatic heterocycles. The van der Waals surface area contributed by atoms with Crippen LogP contribution in [0.5, 0.6) is 0 Å². The van der Waals surface area contributed by atoms with Crippen LogP contribution in [0.4, 0.5) is 8.78 Å². The highest BCUT2D eigenvalue weighted by molar-refractivity contribution is 5.21. The van der Waals surface area contributed by atoms with Gasteiger partial charge in [-0.15, -0.1) is 0 Å². The number of nitrogens with one attached hydrogen (secondary N) is 1. The molecule has 1 saturated carbocycles. The lowest BCUT2D eigenvalue weighted by molar-refractivity contribution is 0.349. The molecular formula is C15H17F2N3O. The van der Waals surface area contributed by atoms with Crippen LogP contribution in [0, 0.1) is 17.6 Å². The second-order valence-electron chi connectivity index (χ2n) is 5.45. The van der Waals surface area contributed by atoms with Crippen LogP contribution in [0.3, 0.4) is 0 Å². The molecule has 1 heterocycles. The monoisotopic (exact) mass is 293 g/mol. The molecule has 6 heteroatoms. The van der Waals surface area contributed by atoms with Gasteiger partial charge in [0, 0.05) is 24.9 Å². The molecule has 1 unspecified atom stereocenters. The van der Waals surface area contributed by atoms with E-state index in [1.165, 1.54) is 25.0 Å². The Bertz CT molecular complexity index is 625. The third kappa shape index (κ3) is 3.44. The first kappa shape index (κ1) is 14.1. The lowest BCUT2D eigenvalue weighted by Crippen LogP contribution is -2.29. The first-order valence-corrected chi connectivity index (χ1v) is 7.08. The molecule has 0 spiro atoms. The van der Waals surface area contributed by atoms with Crippen molar-refractivity contribution in [3.05, 3.63) is 47.1 Å². The van der Waals surface area contributed by atoms with Crippen LogP contribution in [0.25, 0.3) is 0 Å². The molecule has 1 aromatic heterocycles. The van der Waals surface area contributed by atoms with E-state index in [0.29, 0.717) is 35.7 Å². The third-order valence-electron chi connectivity index (χ3n) is 3.83. The van der Waals surface area contributed by atoms with E-state index in [0.717, 1.165) is 6.07 Å². The van der Waals surface area contributed by atoms with Gasteiger partial charge >= 0.3 is 0 Å². The number of benzene rings is 1. The van der Waals surface area contributed by atoms with Gasteiger partial charge in [-0.25, -0.2) is 8.78 Å². The zero-order chi connectivity index (χ0) is 14.8. The number of likely N-dealkylation sites (N-methyl/N-ethyl adjacent to an activating group) is 1. The Kier molecular flexibility index (Phi) is 3.96. The van der Waals surface area contributed by atoms with Gasteiger partial charge in [-0.2, -0.15) is 4.98 Å². The summed E-state index contributed by atoms with van der Waals surface area (Å²) in [7, 11) is 1.92. The first-order valence-electron chi connectivity index (χ1n) is 7.08. The maximum atomic E-state index is 13.6. The fraction of sp³-hybridized carbons (Fsp3) is 0.467. The van der Waals surface area contributed by atoms with Gasteiger partial charge in [-0.3, -0.25) is 0 Å². The molecule has 1 aliphatic carbocycles. The van der Waals surface area contributed by atoms with Gasteiger partial charge in [-0.1, -0.05) is 11.2 Å². The van der Waals surface area contributed by atoms with Gasteiger partial charge in [0.2, 0.25) is 5.89 Å². The van der Waals surface area contributed by atoms with Crippen molar-refractivity contribution in [2.75, 3.05) is 7.05 Å². The van der Waals surface area contributed by atoms with E-state index in [1.807, 2.05) is 7.05 Å². The molecule has 1 N–H and O–H groups in total. The molecule has 0 saturated heterocycles. The topological polar surface area (TPSA) is 51.0 Å². The predicted molar refractivity (Wildman–Crippen MR) is 72.7 cm³/mol. The van der Waals surface area contributed by atoms with E-state index in [1.54, 1.807) is 0 Å². The largest absolute Gasteiger partial charge is 0.339 e. The average molecular weight is 293 g/mol. The SMILES string of the molecule is CNC(Cc1nc(Cc2ccc(F)cc2F)no1)C1CC1. The van der Waals surface area contributed by atoms with Crippen molar-refractivity contribution in [1.82, 2.24) is 15.5 Å². The molecule has 4 nitrogen and oxygen atoms in total. The summed E-state index contributed by atoms with van der Waals surface area (Å²) in [5.74, 6) is 0.471. The fourth-order valence-electron chi connectivity index (χ4n) is 2.47. The Hall–Kier alpha value is -1.82. The van der Waals surface area contributed by atoms with Crippen molar-refractivity contribution in [3.63, 3.8) is 0 Å². The summed E-state index contributed by atoms with van der Waals surface area (Å²) in [5, 5.41) is 7.13. The summed E-state index contributed by atoms with van der Waals surface area (Å²) >= 11 is 0. The molecule has 21 heavy (non-hydrogen) atoms. The minimum atomic E-state index is -0.591. The van der Waals surface area contributed by atoms with Gasteiger partial charge in [0.1, 0.15) is 11.6 Å². The van der Waals surface area contributed by atoms with Crippen LogP contribution < -0.4 is 5.32 Å². The highest BCUT2D eigenvalue weighted by atomic mass is 19.1. The summed E-state index contributed by atoms with van der Waals surface area (Å²) in [6.07, 6.45) is 3.34. The van der Waals surface area contributed by atoms with Crippen LogP contribution >= 0.6 is 0 Å². The average Bonchev–Trinajstić information content (AvgIpc) is 3.21. The van der Waals surface area contributed by atoms with Crippen molar-refractivity contribution in [2.24, 2.45) is 5.92 Å². The second kappa shape index (κ2) is 5.89. The van der Waals surface area contributed by atoms with Gasteiger partial charge in [0.15, 0.2) is 5.82 Å². The van der Waals surface area contributed by atoms with Crippen molar-refractivity contribution in [3.8, 4) is 0 Å². The number of nitrogens with zero attached hydrogens (tertiary/aromatic N) is 2. The van der Waals surface area contributed by atoms with Crippen LogP contribution in [0.15, 0.2) is 22.7 Å². The van der Waals surface area contributed by atoms with Gasteiger partial charge < -0.3 is 9.84 Å². The van der Waals surface area contributed by atoms with Crippen molar-refractivity contribution in [1.29, 1.82) is 0 Å². The summed E-state index contributed by atoms with van der Waals surface area (Å²) in [6.45, 7) is 0. The number of hydrogen-bond donors (Lipinski definition) is 1. The van der Waals surface area contributed by atoms with Crippen LogP contribution in [0.2, 0.25) is 0 Å². The normalized spacial score (nSPS) is 16.1. The molecule has 1 aliphatic rings. The van der Waals surface area contributed by atoms with E-state index >= 15 is 0 Å². The Morgan fingerprint density at radius 1 is 1.38 bits per heavy atom. The summed E-state index contributed by atoms with van der Waals surface area (Å²) in [5.41, 5.74) is 0.358. The van der Waals surface area contributed by atoms with Crippen LogP contribution in [0.1, 0.15) is 30.1 Å². The highest BCUT2D eigenvalue weighted by Crippen LogP contribution is 2.33. The minimum absolute atomic E-state index is 0.198. The Balaban J connectivity index is 1.67.